The lowest BCUT2D eigenvalue weighted by molar-refractivity contribution is 0.0646. The SMILES string of the molecule is O=C(NC1CC1)c1ccc(-c2ccc3c(c2)CCN([C@H]2CCN(C4CCC4)C2)C3=O)cc1. The summed E-state index contributed by atoms with van der Waals surface area (Å²) < 4.78 is 0. The molecule has 2 aliphatic carbocycles. The van der Waals surface area contributed by atoms with Crippen molar-refractivity contribution in [1.29, 1.82) is 0 Å². The summed E-state index contributed by atoms with van der Waals surface area (Å²) in [5.74, 6) is 0.211. The van der Waals surface area contributed by atoms with Gasteiger partial charge in [0.25, 0.3) is 11.8 Å². The van der Waals surface area contributed by atoms with Gasteiger partial charge in [-0.1, -0.05) is 30.7 Å². The van der Waals surface area contributed by atoms with E-state index in [2.05, 4.69) is 27.2 Å². The van der Waals surface area contributed by atoms with Crippen molar-refractivity contribution in [2.45, 2.75) is 63.1 Å². The Kier molecular flexibility index (Phi) is 5.02. The fourth-order valence-corrected chi connectivity index (χ4v) is 5.45. The van der Waals surface area contributed by atoms with Crippen LogP contribution in [0.5, 0.6) is 0 Å². The molecule has 3 fully saturated rings. The van der Waals surface area contributed by atoms with Gasteiger partial charge in [0.15, 0.2) is 0 Å². The van der Waals surface area contributed by atoms with Crippen LogP contribution in [0.1, 0.15) is 64.8 Å². The molecule has 2 aliphatic heterocycles. The number of carbonyl (C=O) groups excluding carboxylic acids is 2. The van der Waals surface area contributed by atoms with Gasteiger partial charge in [-0.3, -0.25) is 14.5 Å². The summed E-state index contributed by atoms with van der Waals surface area (Å²) in [4.78, 5) is 30.3. The minimum absolute atomic E-state index is 0.0120. The normalized spacial score (nSPS) is 23.7. The van der Waals surface area contributed by atoms with Crippen molar-refractivity contribution in [3.8, 4) is 11.1 Å². The van der Waals surface area contributed by atoms with E-state index in [1.807, 2.05) is 30.3 Å². The molecule has 6 rings (SSSR count). The van der Waals surface area contributed by atoms with Crippen molar-refractivity contribution >= 4 is 11.8 Å². The highest BCUT2D eigenvalue weighted by atomic mass is 16.2. The summed E-state index contributed by atoms with van der Waals surface area (Å²) in [7, 11) is 0. The van der Waals surface area contributed by atoms with Gasteiger partial charge in [0.1, 0.15) is 0 Å². The zero-order valence-electron chi connectivity index (χ0n) is 18.6. The summed E-state index contributed by atoms with van der Waals surface area (Å²) in [6, 6.07) is 15.5. The number of fused-ring (bicyclic) bond motifs is 1. The average molecular weight is 430 g/mol. The Morgan fingerprint density at radius 3 is 2.38 bits per heavy atom. The maximum atomic E-state index is 13.3. The molecule has 2 heterocycles. The molecule has 0 bridgehead atoms. The van der Waals surface area contributed by atoms with E-state index in [1.54, 1.807) is 0 Å². The summed E-state index contributed by atoms with van der Waals surface area (Å²) in [5.41, 5.74) is 4.90. The highest BCUT2D eigenvalue weighted by molar-refractivity contribution is 5.98. The topological polar surface area (TPSA) is 52.7 Å². The van der Waals surface area contributed by atoms with Gasteiger partial charge in [-0.15, -0.1) is 0 Å². The first kappa shape index (κ1) is 20.0. The van der Waals surface area contributed by atoms with Crippen LogP contribution in [-0.4, -0.2) is 59.4 Å². The highest BCUT2D eigenvalue weighted by Gasteiger charge is 2.37. The quantitative estimate of drug-likeness (QED) is 0.785. The molecule has 2 amide bonds. The average Bonchev–Trinajstić information content (AvgIpc) is 3.47. The van der Waals surface area contributed by atoms with E-state index in [-0.39, 0.29) is 11.8 Å². The van der Waals surface area contributed by atoms with Crippen molar-refractivity contribution in [2.24, 2.45) is 0 Å². The number of hydrogen-bond acceptors (Lipinski definition) is 3. The smallest absolute Gasteiger partial charge is 0.254 e. The molecule has 1 saturated heterocycles. The minimum Gasteiger partial charge on any atom is -0.349 e. The number of likely N-dealkylation sites (tertiary alicyclic amines) is 1. The molecule has 166 valence electrons. The van der Waals surface area contributed by atoms with Crippen molar-refractivity contribution in [3.05, 3.63) is 59.2 Å². The molecule has 1 N–H and O–H groups in total. The molecule has 32 heavy (non-hydrogen) atoms. The largest absolute Gasteiger partial charge is 0.349 e. The lowest BCUT2D eigenvalue weighted by Gasteiger charge is -2.37. The van der Waals surface area contributed by atoms with Crippen LogP contribution in [0.25, 0.3) is 11.1 Å². The number of nitrogens with zero attached hydrogens (tertiary/aromatic N) is 2. The molecule has 5 heteroatoms. The van der Waals surface area contributed by atoms with E-state index in [0.29, 0.717) is 17.6 Å². The lowest BCUT2D eigenvalue weighted by Crippen LogP contribution is -2.47. The standard InChI is InChI=1S/C27H31N3O2/c31-26(28-22-9-10-22)19-6-4-18(5-7-19)20-8-11-25-21(16-20)12-15-30(27(25)32)24-13-14-29(17-24)23-2-1-3-23/h4-8,11,16,22-24H,1-3,9-10,12-15,17H2,(H,28,31)/t24-/m0/s1. The minimum atomic E-state index is 0.0120. The van der Waals surface area contributed by atoms with Crippen LogP contribution in [0.4, 0.5) is 0 Å². The zero-order chi connectivity index (χ0) is 21.7. The number of amides is 2. The Hall–Kier alpha value is -2.66. The Morgan fingerprint density at radius 1 is 0.875 bits per heavy atom. The molecule has 0 unspecified atom stereocenters. The number of rotatable bonds is 5. The van der Waals surface area contributed by atoms with E-state index >= 15 is 0 Å². The van der Waals surface area contributed by atoms with Gasteiger partial charge in [-0.05, 0) is 73.4 Å². The second-order valence-electron chi connectivity index (χ2n) is 9.97. The zero-order valence-corrected chi connectivity index (χ0v) is 18.6. The molecule has 0 radical (unpaired) electrons. The molecule has 2 aromatic carbocycles. The molecule has 4 aliphatic rings. The van der Waals surface area contributed by atoms with E-state index in [0.717, 1.165) is 73.6 Å². The molecule has 2 saturated carbocycles. The second kappa shape index (κ2) is 8.04. The van der Waals surface area contributed by atoms with Crippen molar-refractivity contribution in [1.82, 2.24) is 15.1 Å². The summed E-state index contributed by atoms with van der Waals surface area (Å²) in [6.45, 7) is 3.00. The van der Waals surface area contributed by atoms with E-state index in [4.69, 9.17) is 0 Å². The Balaban J connectivity index is 1.15. The van der Waals surface area contributed by atoms with Crippen LogP contribution in [0.3, 0.4) is 0 Å². The van der Waals surface area contributed by atoms with Crippen molar-refractivity contribution < 1.29 is 9.59 Å². The van der Waals surface area contributed by atoms with Crippen molar-refractivity contribution in [2.75, 3.05) is 19.6 Å². The van der Waals surface area contributed by atoms with Gasteiger partial charge < -0.3 is 10.2 Å². The fourth-order valence-electron chi connectivity index (χ4n) is 5.45. The van der Waals surface area contributed by atoms with Crippen LogP contribution >= 0.6 is 0 Å². The number of benzene rings is 2. The van der Waals surface area contributed by atoms with Crippen LogP contribution in [0.15, 0.2) is 42.5 Å². The molecule has 5 nitrogen and oxygen atoms in total. The molecular formula is C27H31N3O2. The summed E-state index contributed by atoms with van der Waals surface area (Å²) in [5, 5.41) is 3.03. The Morgan fingerprint density at radius 2 is 1.66 bits per heavy atom. The molecule has 0 spiro atoms. The molecule has 0 aromatic heterocycles. The Bertz CT molecular complexity index is 1040. The molecular weight excluding hydrogens is 398 g/mol. The van der Waals surface area contributed by atoms with Crippen LogP contribution in [-0.2, 0) is 6.42 Å². The van der Waals surface area contributed by atoms with Gasteiger partial charge >= 0.3 is 0 Å². The van der Waals surface area contributed by atoms with Crippen LogP contribution in [0, 0.1) is 0 Å². The predicted molar refractivity (Wildman–Crippen MR) is 125 cm³/mol. The van der Waals surface area contributed by atoms with Crippen molar-refractivity contribution in [3.63, 3.8) is 0 Å². The second-order valence-corrected chi connectivity index (χ2v) is 9.97. The highest BCUT2D eigenvalue weighted by Crippen LogP contribution is 2.32. The maximum Gasteiger partial charge on any atom is 0.254 e. The van der Waals surface area contributed by atoms with E-state index < -0.39 is 0 Å². The van der Waals surface area contributed by atoms with Gasteiger partial charge in [0.05, 0.1) is 0 Å². The number of hydrogen-bond donors (Lipinski definition) is 1. The number of nitrogens with one attached hydrogen (secondary N) is 1. The molecule has 1 atom stereocenters. The summed E-state index contributed by atoms with van der Waals surface area (Å²) >= 11 is 0. The van der Waals surface area contributed by atoms with Gasteiger partial charge in [0, 0.05) is 48.9 Å². The third-order valence-corrected chi connectivity index (χ3v) is 7.84. The van der Waals surface area contributed by atoms with Gasteiger partial charge in [-0.2, -0.15) is 0 Å². The Labute approximate surface area is 189 Å². The number of carbonyl (C=O) groups is 2. The van der Waals surface area contributed by atoms with Crippen LogP contribution < -0.4 is 5.32 Å². The van der Waals surface area contributed by atoms with E-state index in [9.17, 15) is 9.59 Å². The first-order chi connectivity index (χ1) is 15.7. The summed E-state index contributed by atoms with van der Waals surface area (Å²) in [6.07, 6.45) is 8.23. The predicted octanol–water partition coefficient (Wildman–Crippen LogP) is 3.87. The van der Waals surface area contributed by atoms with Gasteiger partial charge in [-0.25, -0.2) is 0 Å². The van der Waals surface area contributed by atoms with E-state index in [1.165, 1.54) is 19.3 Å². The third-order valence-electron chi connectivity index (χ3n) is 7.84. The van der Waals surface area contributed by atoms with Gasteiger partial charge in [0.2, 0.25) is 0 Å². The fraction of sp³-hybridized carbons (Fsp3) is 0.481. The monoisotopic (exact) mass is 429 g/mol. The maximum absolute atomic E-state index is 13.3. The first-order valence-corrected chi connectivity index (χ1v) is 12.2. The third kappa shape index (κ3) is 3.73. The first-order valence-electron chi connectivity index (χ1n) is 12.2. The molecule has 2 aromatic rings. The van der Waals surface area contributed by atoms with Crippen LogP contribution in [0.2, 0.25) is 0 Å². The lowest BCUT2D eigenvalue weighted by atomic mass is 9.92.